The summed E-state index contributed by atoms with van der Waals surface area (Å²) in [5.74, 6) is -0.412. The van der Waals surface area contributed by atoms with Gasteiger partial charge in [-0.25, -0.2) is 0 Å². The molecule has 5 nitrogen and oxygen atoms in total. The number of carbonyl (C=O) groups excluding carboxylic acids is 2. The number of hydrazine groups is 1. The van der Waals surface area contributed by atoms with Gasteiger partial charge in [-0.1, -0.05) is 43.2 Å². The Morgan fingerprint density at radius 2 is 2.00 bits per heavy atom. The average Bonchev–Trinajstić information content (AvgIpc) is 2.52. The Morgan fingerprint density at radius 3 is 2.77 bits per heavy atom. The lowest BCUT2D eigenvalue weighted by molar-refractivity contribution is -0.142. The highest BCUT2D eigenvalue weighted by Crippen LogP contribution is 2.28. The molecule has 1 heterocycles. The average molecular weight is 317 g/mol. The van der Waals surface area contributed by atoms with Crippen LogP contribution in [0.15, 0.2) is 30.3 Å². The first kappa shape index (κ1) is 15.0. The smallest absolute Gasteiger partial charge is 0.252 e. The first-order valence-electron chi connectivity index (χ1n) is 7.63. The third-order valence-electron chi connectivity index (χ3n) is 4.26. The molecular weight excluding hydrogens is 298 g/mol. The van der Waals surface area contributed by atoms with Crippen molar-refractivity contribution in [3.8, 4) is 0 Å². The van der Waals surface area contributed by atoms with Crippen LogP contribution in [0.25, 0.3) is 0 Å². The van der Waals surface area contributed by atoms with Crippen molar-refractivity contribution in [2.24, 2.45) is 5.92 Å². The highest BCUT2D eigenvalue weighted by atomic mass is 32.1. The van der Waals surface area contributed by atoms with Crippen molar-refractivity contribution in [1.29, 1.82) is 0 Å². The monoisotopic (exact) mass is 317 g/mol. The van der Waals surface area contributed by atoms with E-state index in [1.54, 1.807) is 0 Å². The van der Waals surface area contributed by atoms with E-state index >= 15 is 0 Å². The molecule has 3 rings (SSSR count). The number of rotatable bonds is 3. The van der Waals surface area contributed by atoms with Crippen molar-refractivity contribution >= 4 is 29.1 Å². The lowest BCUT2D eigenvalue weighted by Crippen LogP contribution is -2.65. The topological polar surface area (TPSA) is 61.4 Å². The Kier molecular flexibility index (Phi) is 4.38. The fraction of sp³-hybridized carbons (Fsp3) is 0.438. The van der Waals surface area contributed by atoms with Crippen LogP contribution < -0.4 is 10.7 Å². The van der Waals surface area contributed by atoms with Crippen LogP contribution in [0.1, 0.15) is 31.2 Å². The molecule has 0 bridgehead atoms. The molecule has 1 aliphatic carbocycles. The van der Waals surface area contributed by atoms with Gasteiger partial charge in [0.05, 0.1) is 12.3 Å². The van der Waals surface area contributed by atoms with Gasteiger partial charge in [0.1, 0.15) is 0 Å². The van der Waals surface area contributed by atoms with E-state index < -0.39 is 0 Å². The maximum atomic E-state index is 12.5. The van der Waals surface area contributed by atoms with E-state index in [0.717, 1.165) is 31.2 Å². The van der Waals surface area contributed by atoms with Gasteiger partial charge >= 0.3 is 0 Å². The Bertz CT molecular complexity index is 590. The second-order valence-corrected chi connectivity index (χ2v) is 6.20. The predicted molar refractivity (Wildman–Crippen MR) is 86.6 cm³/mol. The minimum atomic E-state index is -0.238. The van der Waals surface area contributed by atoms with Gasteiger partial charge in [-0.3, -0.25) is 15.0 Å². The van der Waals surface area contributed by atoms with Crippen LogP contribution in [0.5, 0.6) is 0 Å². The van der Waals surface area contributed by atoms with Gasteiger partial charge in [0.2, 0.25) is 5.91 Å². The third kappa shape index (κ3) is 3.11. The molecule has 2 aliphatic rings. The largest absolute Gasteiger partial charge is 0.357 e. The highest BCUT2D eigenvalue weighted by molar-refractivity contribution is 7.80. The minimum Gasteiger partial charge on any atom is -0.357 e. The van der Waals surface area contributed by atoms with E-state index in [1.165, 1.54) is 5.01 Å². The van der Waals surface area contributed by atoms with E-state index in [1.807, 2.05) is 30.3 Å². The number of hydrogen-bond donors (Lipinski definition) is 2. The lowest BCUT2D eigenvalue weighted by atomic mass is 9.83. The molecule has 0 aromatic heterocycles. The van der Waals surface area contributed by atoms with Crippen LogP contribution >= 0.6 is 12.2 Å². The maximum Gasteiger partial charge on any atom is 0.252 e. The number of nitrogens with zero attached hydrogens (tertiary/aromatic N) is 1. The van der Waals surface area contributed by atoms with Crippen LogP contribution in [0, 0.1) is 5.92 Å². The molecule has 6 heteroatoms. The summed E-state index contributed by atoms with van der Waals surface area (Å²) in [6.45, 7) is 0. The molecule has 2 amide bonds. The van der Waals surface area contributed by atoms with Crippen LogP contribution in [-0.4, -0.2) is 28.0 Å². The molecular formula is C16H19N3O2S. The van der Waals surface area contributed by atoms with Gasteiger partial charge < -0.3 is 5.32 Å². The predicted octanol–water partition coefficient (Wildman–Crippen LogP) is 1.54. The molecule has 2 unspecified atom stereocenters. The van der Waals surface area contributed by atoms with Crippen molar-refractivity contribution in [1.82, 2.24) is 15.8 Å². The molecule has 1 saturated carbocycles. The summed E-state index contributed by atoms with van der Waals surface area (Å²) in [4.78, 5) is 24.7. The minimum absolute atomic E-state index is 0.0857. The summed E-state index contributed by atoms with van der Waals surface area (Å²) < 4.78 is 0. The number of carbonyl (C=O) groups is 2. The third-order valence-corrected chi connectivity index (χ3v) is 4.56. The summed E-state index contributed by atoms with van der Waals surface area (Å²) in [5.41, 5.74) is 3.54. The van der Waals surface area contributed by atoms with E-state index in [4.69, 9.17) is 12.2 Å². The SMILES string of the molecule is O=C(Cc1ccccc1)NN1C(=O)C2CCCCC2NC1=S. The van der Waals surface area contributed by atoms with Gasteiger partial charge in [-0.05, 0) is 30.6 Å². The Balaban J connectivity index is 1.65. The van der Waals surface area contributed by atoms with E-state index in [2.05, 4.69) is 10.7 Å². The summed E-state index contributed by atoms with van der Waals surface area (Å²) >= 11 is 5.23. The fourth-order valence-electron chi connectivity index (χ4n) is 3.14. The summed E-state index contributed by atoms with van der Waals surface area (Å²) in [6.07, 6.45) is 4.20. The molecule has 1 aliphatic heterocycles. The molecule has 1 aromatic rings. The molecule has 2 atom stereocenters. The Morgan fingerprint density at radius 1 is 1.27 bits per heavy atom. The molecule has 2 fully saturated rings. The number of benzene rings is 1. The number of nitrogens with one attached hydrogen (secondary N) is 2. The lowest BCUT2D eigenvalue weighted by Gasteiger charge is -2.41. The Labute approximate surface area is 135 Å². The molecule has 0 radical (unpaired) electrons. The van der Waals surface area contributed by atoms with Gasteiger partial charge in [0.25, 0.3) is 5.91 Å². The van der Waals surface area contributed by atoms with Crippen molar-refractivity contribution in [3.63, 3.8) is 0 Å². The van der Waals surface area contributed by atoms with Crippen LogP contribution in [0.3, 0.4) is 0 Å². The van der Waals surface area contributed by atoms with Crippen molar-refractivity contribution < 1.29 is 9.59 Å². The first-order chi connectivity index (χ1) is 10.6. The number of thiocarbonyl (C=S) groups is 1. The van der Waals surface area contributed by atoms with Crippen LogP contribution in [0.4, 0.5) is 0 Å². The number of fused-ring (bicyclic) bond motifs is 1. The normalized spacial score (nSPS) is 24.5. The van der Waals surface area contributed by atoms with Gasteiger partial charge in [0, 0.05) is 6.04 Å². The second-order valence-electron chi connectivity index (χ2n) is 5.82. The maximum absolute atomic E-state index is 12.5. The van der Waals surface area contributed by atoms with Gasteiger partial charge in [-0.2, -0.15) is 5.01 Å². The van der Waals surface area contributed by atoms with E-state index in [9.17, 15) is 9.59 Å². The molecule has 116 valence electrons. The molecule has 1 aromatic carbocycles. The van der Waals surface area contributed by atoms with Gasteiger partial charge in [0.15, 0.2) is 5.11 Å². The van der Waals surface area contributed by atoms with Gasteiger partial charge in [-0.15, -0.1) is 0 Å². The summed E-state index contributed by atoms with van der Waals surface area (Å²) in [5, 5.41) is 4.71. The molecule has 0 spiro atoms. The van der Waals surface area contributed by atoms with Crippen LogP contribution in [0.2, 0.25) is 0 Å². The number of hydrogen-bond acceptors (Lipinski definition) is 3. The zero-order valence-corrected chi connectivity index (χ0v) is 13.1. The summed E-state index contributed by atoms with van der Waals surface area (Å²) in [6, 6.07) is 9.55. The molecule has 22 heavy (non-hydrogen) atoms. The first-order valence-corrected chi connectivity index (χ1v) is 8.04. The fourth-order valence-corrected chi connectivity index (χ4v) is 3.43. The van der Waals surface area contributed by atoms with E-state index in [0.29, 0.717) is 5.11 Å². The summed E-state index contributed by atoms with van der Waals surface area (Å²) in [7, 11) is 0. The Hall–Kier alpha value is -1.95. The quantitative estimate of drug-likeness (QED) is 0.830. The number of amides is 2. The van der Waals surface area contributed by atoms with Crippen molar-refractivity contribution in [2.45, 2.75) is 38.1 Å². The van der Waals surface area contributed by atoms with Crippen molar-refractivity contribution in [2.75, 3.05) is 0 Å². The highest BCUT2D eigenvalue weighted by Gasteiger charge is 2.41. The van der Waals surface area contributed by atoms with Crippen molar-refractivity contribution in [3.05, 3.63) is 35.9 Å². The molecule has 1 saturated heterocycles. The van der Waals surface area contributed by atoms with E-state index in [-0.39, 0.29) is 30.2 Å². The standard InChI is InChI=1S/C16H19N3O2S/c20-14(10-11-6-2-1-3-7-11)18-19-15(21)12-8-4-5-9-13(12)17-16(19)22/h1-3,6-7,12-13H,4-5,8-10H2,(H,17,22)(H,18,20). The van der Waals surface area contributed by atoms with Crippen LogP contribution in [-0.2, 0) is 16.0 Å². The molecule has 2 N–H and O–H groups in total. The second kappa shape index (κ2) is 6.44. The zero-order valence-electron chi connectivity index (χ0n) is 12.2. The zero-order chi connectivity index (χ0) is 15.5.